The molecule has 3 rings (SSSR count). The summed E-state index contributed by atoms with van der Waals surface area (Å²) >= 11 is 2.23. The van der Waals surface area contributed by atoms with Crippen molar-refractivity contribution in [2.75, 3.05) is 12.4 Å². The SMILES string of the molecule is COc1ccc(C(=O)Nc2ccc(I)cc2)cc1COc1ccccc1C(C)(C)C. The van der Waals surface area contributed by atoms with Crippen LogP contribution in [-0.2, 0) is 12.0 Å². The van der Waals surface area contributed by atoms with Crippen LogP contribution < -0.4 is 14.8 Å². The van der Waals surface area contributed by atoms with Crippen LogP contribution in [-0.4, -0.2) is 13.0 Å². The molecular weight excluding hydrogens is 489 g/mol. The Kier molecular flexibility index (Phi) is 7.02. The van der Waals surface area contributed by atoms with E-state index >= 15 is 0 Å². The van der Waals surface area contributed by atoms with E-state index in [-0.39, 0.29) is 11.3 Å². The fourth-order valence-corrected chi connectivity index (χ4v) is 3.50. The van der Waals surface area contributed by atoms with Crippen molar-refractivity contribution in [3.05, 3.63) is 87.0 Å². The van der Waals surface area contributed by atoms with E-state index in [2.05, 4.69) is 54.7 Å². The van der Waals surface area contributed by atoms with Crippen LogP contribution in [0.5, 0.6) is 11.5 Å². The number of carbonyl (C=O) groups is 1. The molecule has 30 heavy (non-hydrogen) atoms. The van der Waals surface area contributed by atoms with Gasteiger partial charge in [0.05, 0.1) is 7.11 Å². The molecule has 0 bridgehead atoms. The fraction of sp³-hybridized carbons (Fsp3) is 0.240. The zero-order valence-electron chi connectivity index (χ0n) is 17.7. The summed E-state index contributed by atoms with van der Waals surface area (Å²) in [6, 6.07) is 21.1. The fourth-order valence-electron chi connectivity index (χ4n) is 3.14. The molecule has 0 aliphatic rings. The lowest BCUT2D eigenvalue weighted by molar-refractivity contribution is 0.102. The van der Waals surface area contributed by atoms with E-state index in [9.17, 15) is 4.79 Å². The van der Waals surface area contributed by atoms with Crippen LogP contribution in [0.15, 0.2) is 66.7 Å². The molecule has 3 aromatic rings. The summed E-state index contributed by atoms with van der Waals surface area (Å²) in [6.07, 6.45) is 0. The lowest BCUT2D eigenvalue weighted by atomic mass is 9.86. The molecule has 3 aromatic carbocycles. The third-order valence-corrected chi connectivity index (χ3v) is 5.44. The normalized spacial score (nSPS) is 11.1. The van der Waals surface area contributed by atoms with Crippen molar-refractivity contribution < 1.29 is 14.3 Å². The van der Waals surface area contributed by atoms with E-state index < -0.39 is 0 Å². The van der Waals surface area contributed by atoms with Crippen LogP contribution >= 0.6 is 22.6 Å². The maximum Gasteiger partial charge on any atom is 0.255 e. The number of para-hydroxylation sites is 1. The molecule has 0 heterocycles. The summed E-state index contributed by atoms with van der Waals surface area (Å²) in [4.78, 5) is 12.7. The van der Waals surface area contributed by atoms with Crippen molar-refractivity contribution in [3.8, 4) is 11.5 Å². The van der Waals surface area contributed by atoms with Crippen LogP contribution in [0.4, 0.5) is 5.69 Å². The van der Waals surface area contributed by atoms with Gasteiger partial charge in [0.25, 0.3) is 5.91 Å². The van der Waals surface area contributed by atoms with Gasteiger partial charge in [-0.15, -0.1) is 0 Å². The number of ether oxygens (including phenoxy) is 2. The predicted molar refractivity (Wildman–Crippen MR) is 130 cm³/mol. The summed E-state index contributed by atoms with van der Waals surface area (Å²) in [5, 5.41) is 2.93. The molecule has 4 nitrogen and oxygen atoms in total. The molecule has 156 valence electrons. The summed E-state index contributed by atoms with van der Waals surface area (Å²) in [5.74, 6) is 1.35. The molecule has 0 atom stereocenters. The number of methoxy groups -OCH3 is 1. The third kappa shape index (κ3) is 5.53. The van der Waals surface area contributed by atoms with Gasteiger partial charge in [0.15, 0.2) is 0 Å². The highest BCUT2D eigenvalue weighted by Gasteiger charge is 2.19. The topological polar surface area (TPSA) is 47.6 Å². The Morgan fingerprint density at radius 1 is 0.967 bits per heavy atom. The molecular formula is C25H26INO3. The quantitative estimate of drug-likeness (QED) is 0.385. The Morgan fingerprint density at radius 2 is 1.67 bits per heavy atom. The number of halogens is 1. The molecule has 5 heteroatoms. The molecule has 0 unspecified atom stereocenters. The van der Waals surface area contributed by atoms with E-state index in [0.717, 1.165) is 26.1 Å². The van der Waals surface area contributed by atoms with E-state index in [1.54, 1.807) is 19.2 Å². The summed E-state index contributed by atoms with van der Waals surface area (Å²) in [5.41, 5.74) is 3.23. The van der Waals surface area contributed by atoms with Crippen LogP contribution in [0.25, 0.3) is 0 Å². The molecule has 0 aliphatic heterocycles. The Bertz CT molecular complexity index is 1020. The maximum absolute atomic E-state index is 12.7. The van der Waals surface area contributed by atoms with E-state index in [1.807, 2.05) is 48.5 Å². The van der Waals surface area contributed by atoms with Gasteiger partial charge in [0.2, 0.25) is 0 Å². The van der Waals surface area contributed by atoms with Gasteiger partial charge in [-0.1, -0.05) is 39.0 Å². The van der Waals surface area contributed by atoms with Gasteiger partial charge in [-0.25, -0.2) is 0 Å². The smallest absolute Gasteiger partial charge is 0.255 e. The summed E-state index contributed by atoms with van der Waals surface area (Å²) < 4.78 is 12.7. The first kappa shape index (κ1) is 22.2. The van der Waals surface area contributed by atoms with Crippen molar-refractivity contribution in [1.82, 2.24) is 0 Å². The maximum atomic E-state index is 12.7. The molecule has 0 spiro atoms. The predicted octanol–water partition coefficient (Wildman–Crippen LogP) is 6.43. The number of hydrogen-bond donors (Lipinski definition) is 1. The van der Waals surface area contributed by atoms with Crippen molar-refractivity contribution in [2.45, 2.75) is 32.8 Å². The lowest BCUT2D eigenvalue weighted by Gasteiger charge is -2.23. The standard InChI is InChI=1S/C25H26INO3/c1-25(2,3)21-7-5-6-8-23(21)30-16-18-15-17(9-14-22(18)29-4)24(28)27-20-12-10-19(26)11-13-20/h5-15H,16H2,1-4H3,(H,27,28). The Balaban J connectivity index is 1.80. The van der Waals surface area contributed by atoms with E-state index in [4.69, 9.17) is 9.47 Å². The molecule has 0 fully saturated rings. The minimum absolute atomic E-state index is 0.0318. The first-order chi connectivity index (χ1) is 14.3. The number of amides is 1. The van der Waals surface area contributed by atoms with Gasteiger partial charge in [0, 0.05) is 20.4 Å². The number of anilines is 1. The van der Waals surface area contributed by atoms with Gasteiger partial charge in [0.1, 0.15) is 18.1 Å². The lowest BCUT2D eigenvalue weighted by Crippen LogP contribution is -2.14. The molecule has 1 N–H and O–H groups in total. The highest BCUT2D eigenvalue weighted by Crippen LogP contribution is 2.32. The molecule has 0 aliphatic carbocycles. The molecule has 0 radical (unpaired) electrons. The monoisotopic (exact) mass is 515 g/mol. The number of nitrogens with one attached hydrogen (secondary N) is 1. The minimum Gasteiger partial charge on any atom is -0.496 e. The average molecular weight is 515 g/mol. The zero-order chi connectivity index (χ0) is 21.7. The van der Waals surface area contributed by atoms with Gasteiger partial charge in [-0.2, -0.15) is 0 Å². The van der Waals surface area contributed by atoms with E-state index in [1.165, 1.54) is 0 Å². The van der Waals surface area contributed by atoms with Crippen LogP contribution in [0.1, 0.15) is 42.3 Å². The van der Waals surface area contributed by atoms with Crippen LogP contribution in [0.2, 0.25) is 0 Å². The minimum atomic E-state index is -0.171. The average Bonchev–Trinajstić information content (AvgIpc) is 2.73. The molecule has 1 amide bonds. The van der Waals surface area contributed by atoms with E-state index in [0.29, 0.717) is 17.9 Å². The van der Waals surface area contributed by atoms with Gasteiger partial charge in [-0.05, 0) is 82.1 Å². The van der Waals surface area contributed by atoms with Crippen molar-refractivity contribution in [3.63, 3.8) is 0 Å². The van der Waals surface area contributed by atoms with Gasteiger partial charge >= 0.3 is 0 Å². The third-order valence-electron chi connectivity index (χ3n) is 4.72. The molecule has 0 saturated heterocycles. The number of carbonyl (C=O) groups excluding carboxylic acids is 1. The Hall–Kier alpha value is -2.54. The number of hydrogen-bond acceptors (Lipinski definition) is 3. The molecule has 0 saturated carbocycles. The largest absolute Gasteiger partial charge is 0.496 e. The van der Waals surface area contributed by atoms with Gasteiger partial charge in [-0.3, -0.25) is 4.79 Å². The van der Waals surface area contributed by atoms with Gasteiger partial charge < -0.3 is 14.8 Å². The molecule has 0 aromatic heterocycles. The van der Waals surface area contributed by atoms with Crippen LogP contribution in [0.3, 0.4) is 0 Å². The Labute approximate surface area is 191 Å². The highest BCUT2D eigenvalue weighted by molar-refractivity contribution is 14.1. The Morgan fingerprint density at radius 3 is 2.33 bits per heavy atom. The second kappa shape index (κ2) is 9.51. The van der Waals surface area contributed by atoms with Crippen molar-refractivity contribution in [2.24, 2.45) is 0 Å². The second-order valence-electron chi connectivity index (χ2n) is 8.02. The second-order valence-corrected chi connectivity index (χ2v) is 9.27. The number of benzene rings is 3. The number of rotatable bonds is 6. The van der Waals surface area contributed by atoms with Crippen molar-refractivity contribution in [1.29, 1.82) is 0 Å². The van der Waals surface area contributed by atoms with Crippen LogP contribution in [0, 0.1) is 3.57 Å². The zero-order valence-corrected chi connectivity index (χ0v) is 19.8. The first-order valence-electron chi connectivity index (χ1n) is 9.74. The highest BCUT2D eigenvalue weighted by atomic mass is 127. The summed E-state index contributed by atoms with van der Waals surface area (Å²) in [6.45, 7) is 6.78. The first-order valence-corrected chi connectivity index (χ1v) is 10.8. The van der Waals surface area contributed by atoms with Crippen molar-refractivity contribution >= 4 is 34.2 Å². The summed E-state index contributed by atoms with van der Waals surface area (Å²) in [7, 11) is 1.62.